The summed E-state index contributed by atoms with van der Waals surface area (Å²) >= 11 is 7.20. The van der Waals surface area contributed by atoms with E-state index in [4.69, 9.17) is 4.74 Å². The molecule has 0 heterocycles. The van der Waals surface area contributed by atoms with Gasteiger partial charge < -0.3 is 15.0 Å². The molecule has 0 spiro atoms. The quantitative estimate of drug-likeness (QED) is 0.628. The van der Waals surface area contributed by atoms with Crippen LogP contribution in [0.25, 0.3) is 0 Å². The van der Waals surface area contributed by atoms with Crippen molar-refractivity contribution < 1.29 is 15.0 Å². The lowest BCUT2D eigenvalue weighted by Crippen LogP contribution is -3.05. The van der Waals surface area contributed by atoms with Crippen LogP contribution in [-0.4, -0.2) is 40.8 Å². The summed E-state index contributed by atoms with van der Waals surface area (Å²) in [6.07, 6.45) is 2.13. The number of nitrogens with one attached hydrogen (secondary N) is 1. The lowest BCUT2D eigenvalue weighted by molar-refractivity contribution is -0.858. The number of benzene rings is 1. The van der Waals surface area contributed by atoms with Crippen LogP contribution >= 0.6 is 31.9 Å². The highest BCUT2D eigenvalue weighted by Crippen LogP contribution is 2.34. The zero-order valence-electron chi connectivity index (χ0n) is 11.9. The number of likely N-dealkylation sites (N-methyl/N-ethyl adjacent to an activating group) is 1. The first-order valence-electron chi connectivity index (χ1n) is 6.72. The van der Waals surface area contributed by atoms with E-state index >= 15 is 0 Å². The smallest absolute Gasteiger partial charge is 0.147 e. The fraction of sp³-hybridized carbons (Fsp3) is 0.571. The molecule has 0 saturated carbocycles. The first-order chi connectivity index (χ1) is 9.04. The summed E-state index contributed by atoms with van der Waals surface area (Å²) in [5.41, 5.74) is 1.32. The van der Waals surface area contributed by atoms with E-state index in [1.165, 1.54) is 10.5 Å². The zero-order chi connectivity index (χ0) is 14.3. The summed E-state index contributed by atoms with van der Waals surface area (Å²) < 4.78 is 7.93. The van der Waals surface area contributed by atoms with Crippen molar-refractivity contribution in [1.82, 2.24) is 0 Å². The average Bonchev–Trinajstić information content (AvgIpc) is 2.34. The first-order valence-corrected chi connectivity index (χ1v) is 8.30. The van der Waals surface area contributed by atoms with Crippen LogP contribution in [0.2, 0.25) is 0 Å². The molecule has 0 aromatic heterocycles. The van der Waals surface area contributed by atoms with Crippen molar-refractivity contribution in [3.8, 4) is 5.75 Å². The highest BCUT2D eigenvalue weighted by atomic mass is 79.9. The Balaban J connectivity index is 2.58. The van der Waals surface area contributed by atoms with Crippen LogP contribution in [0.15, 0.2) is 21.1 Å². The molecule has 19 heavy (non-hydrogen) atoms. The van der Waals surface area contributed by atoms with E-state index in [-0.39, 0.29) is 0 Å². The van der Waals surface area contributed by atoms with Gasteiger partial charge in [-0.25, -0.2) is 0 Å². The van der Waals surface area contributed by atoms with E-state index in [2.05, 4.69) is 70.5 Å². The third kappa shape index (κ3) is 6.25. The molecule has 0 bridgehead atoms. The molecule has 0 unspecified atom stereocenters. The van der Waals surface area contributed by atoms with Crippen LogP contribution in [0, 0.1) is 0 Å². The molecule has 1 rings (SSSR count). The SMILES string of the molecule is C[NH2+]CCc1cc(Br)c(OCCC[NH+](C)C)c(Br)c1. The fourth-order valence-electron chi connectivity index (χ4n) is 1.81. The summed E-state index contributed by atoms with van der Waals surface area (Å²) in [5, 5.41) is 2.19. The van der Waals surface area contributed by atoms with E-state index in [9.17, 15) is 0 Å². The Hall–Kier alpha value is -0.100. The molecule has 1 aromatic rings. The molecule has 5 heteroatoms. The number of ether oxygens (including phenoxy) is 1. The van der Waals surface area contributed by atoms with Crippen molar-refractivity contribution in [3.63, 3.8) is 0 Å². The fourth-order valence-corrected chi connectivity index (χ4v) is 3.32. The maximum Gasteiger partial charge on any atom is 0.147 e. The lowest BCUT2D eigenvalue weighted by Gasteiger charge is -2.13. The third-order valence-electron chi connectivity index (χ3n) is 2.85. The monoisotopic (exact) mass is 394 g/mol. The molecule has 1 aromatic carbocycles. The molecule has 0 atom stereocenters. The molecular formula is C14H24Br2N2O+2. The standard InChI is InChI=1S/C14H22Br2N2O/c1-17-6-5-11-9-12(15)14(13(16)10-11)19-8-4-7-18(2)3/h9-10,17H,4-8H2,1-3H3/p+2. The second-order valence-electron chi connectivity index (χ2n) is 4.99. The Bertz CT molecular complexity index is 374. The van der Waals surface area contributed by atoms with Gasteiger partial charge in [0, 0.05) is 12.8 Å². The van der Waals surface area contributed by atoms with E-state index in [1.54, 1.807) is 0 Å². The van der Waals surface area contributed by atoms with Crippen molar-refractivity contribution >= 4 is 31.9 Å². The largest absolute Gasteiger partial charge is 0.491 e. The van der Waals surface area contributed by atoms with Gasteiger partial charge in [-0.05, 0) is 49.6 Å². The van der Waals surface area contributed by atoms with Crippen LogP contribution < -0.4 is 15.0 Å². The second-order valence-corrected chi connectivity index (χ2v) is 6.70. The van der Waals surface area contributed by atoms with Gasteiger partial charge in [-0.15, -0.1) is 0 Å². The van der Waals surface area contributed by atoms with Gasteiger partial charge in [-0.3, -0.25) is 0 Å². The number of rotatable bonds is 8. The topological polar surface area (TPSA) is 30.3 Å². The number of nitrogens with two attached hydrogens (primary N) is 1. The van der Waals surface area contributed by atoms with Crippen molar-refractivity contribution in [1.29, 1.82) is 0 Å². The van der Waals surface area contributed by atoms with Gasteiger partial charge in [0.15, 0.2) is 0 Å². The normalized spacial score (nSPS) is 11.1. The van der Waals surface area contributed by atoms with Crippen molar-refractivity contribution in [3.05, 3.63) is 26.6 Å². The molecular weight excluding hydrogens is 372 g/mol. The minimum Gasteiger partial charge on any atom is -0.491 e. The Kier molecular flexibility index (Phi) is 7.99. The molecule has 0 aliphatic rings. The van der Waals surface area contributed by atoms with Gasteiger partial charge in [-0.2, -0.15) is 0 Å². The average molecular weight is 396 g/mol. The molecule has 108 valence electrons. The van der Waals surface area contributed by atoms with Crippen LogP contribution in [0.3, 0.4) is 0 Å². The van der Waals surface area contributed by atoms with Crippen LogP contribution in [-0.2, 0) is 6.42 Å². The highest BCUT2D eigenvalue weighted by Gasteiger charge is 2.09. The van der Waals surface area contributed by atoms with E-state index in [0.29, 0.717) is 0 Å². The molecule has 0 aliphatic heterocycles. The maximum atomic E-state index is 5.86. The van der Waals surface area contributed by atoms with Gasteiger partial charge in [0.1, 0.15) is 5.75 Å². The third-order valence-corrected chi connectivity index (χ3v) is 4.03. The van der Waals surface area contributed by atoms with Crippen molar-refractivity contribution in [2.45, 2.75) is 12.8 Å². The van der Waals surface area contributed by atoms with Crippen molar-refractivity contribution in [2.24, 2.45) is 0 Å². The molecule has 3 nitrogen and oxygen atoms in total. The molecule has 3 N–H and O–H groups in total. The molecule has 0 aliphatic carbocycles. The minimum absolute atomic E-state index is 0.754. The van der Waals surface area contributed by atoms with Crippen LogP contribution in [0.5, 0.6) is 5.75 Å². The Morgan fingerprint density at radius 2 is 1.84 bits per heavy atom. The van der Waals surface area contributed by atoms with Gasteiger partial charge in [-0.1, -0.05) is 0 Å². The lowest BCUT2D eigenvalue weighted by atomic mass is 10.1. The second kappa shape index (κ2) is 8.95. The minimum atomic E-state index is 0.754. The van der Waals surface area contributed by atoms with Crippen molar-refractivity contribution in [2.75, 3.05) is 40.8 Å². The van der Waals surface area contributed by atoms with E-state index in [1.807, 2.05) is 0 Å². The summed E-state index contributed by atoms with van der Waals surface area (Å²) in [6.45, 7) is 2.98. The Morgan fingerprint density at radius 1 is 1.21 bits per heavy atom. The van der Waals surface area contributed by atoms with Crippen LogP contribution in [0.4, 0.5) is 0 Å². The first kappa shape index (κ1) is 17.0. The zero-order valence-corrected chi connectivity index (χ0v) is 15.1. The molecule has 0 radical (unpaired) electrons. The van der Waals surface area contributed by atoms with Gasteiger partial charge >= 0.3 is 0 Å². The van der Waals surface area contributed by atoms with E-state index < -0.39 is 0 Å². The number of hydrogen-bond donors (Lipinski definition) is 2. The summed E-state index contributed by atoms with van der Waals surface area (Å²) in [5.74, 6) is 0.915. The van der Waals surface area contributed by atoms with Gasteiger partial charge in [0.2, 0.25) is 0 Å². The molecule has 0 amide bonds. The summed E-state index contributed by atoms with van der Waals surface area (Å²) in [4.78, 5) is 1.45. The highest BCUT2D eigenvalue weighted by molar-refractivity contribution is 9.11. The Morgan fingerprint density at radius 3 is 2.37 bits per heavy atom. The van der Waals surface area contributed by atoms with Gasteiger partial charge in [0.05, 0.1) is 49.8 Å². The predicted molar refractivity (Wildman–Crippen MR) is 86.1 cm³/mol. The molecule has 0 fully saturated rings. The van der Waals surface area contributed by atoms with Crippen LogP contribution in [0.1, 0.15) is 12.0 Å². The molecule has 0 saturated heterocycles. The predicted octanol–water partition coefficient (Wildman–Crippen LogP) is 0.861. The number of hydrogen-bond acceptors (Lipinski definition) is 1. The van der Waals surface area contributed by atoms with E-state index in [0.717, 1.165) is 47.2 Å². The maximum absolute atomic E-state index is 5.86. The summed E-state index contributed by atoms with van der Waals surface area (Å²) in [7, 11) is 6.41. The number of quaternary nitrogens is 2. The summed E-state index contributed by atoms with van der Waals surface area (Å²) in [6, 6.07) is 4.31. The number of halogens is 2. The Labute approximate surface area is 133 Å². The van der Waals surface area contributed by atoms with Gasteiger partial charge in [0.25, 0.3) is 0 Å².